The van der Waals surface area contributed by atoms with Gasteiger partial charge in [0.1, 0.15) is 0 Å². The summed E-state index contributed by atoms with van der Waals surface area (Å²) in [6.45, 7) is 5.49. The number of aliphatic hydroxyl groups excluding tert-OH is 1. The third-order valence-corrected chi connectivity index (χ3v) is 4.96. The summed E-state index contributed by atoms with van der Waals surface area (Å²) in [6, 6.07) is 0.0407. The van der Waals surface area contributed by atoms with Crippen LogP contribution in [-0.4, -0.2) is 31.4 Å². The van der Waals surface area contributed by atoms with Crippen LogP contribution in [0, 0.1) is 5.41 Å². The van der Waals surface area contributed by atoms with Crippen LogP contribution in [0.3, 0.4) is 0 Å². The second kappa shape index (κ2) is 4.39. The van der Waals surface area contributed by atoms with Crippen molar-refractivity contribution < 1.29 is 13.5 Å². The van der Waals surface area contributed by atoms with E-state index in [4.69, 9.17) is 5.11 Å². The first-order valence-electron chi connectivity index (χ1n) is 5.39. The molecule has 1 rings (SSSR count). The average molecular weight is 235 g/mol. The molecule has 2 atom stereocenters. The van der Waals surface area contributed by atoms with Gasteiger partial charge in [-0.1, -0.05) is 13.8 Å². The van der Waals surface area contributed by atoms with E-state index in [1.165, 1.54) is 6.92 Å². The first-order valence-corrected chi connectivity index (χ1v) is 6.93. The van der Waals surface area contributed by atoms with Gasteiger partial charge >= 0.3 is 0 Å². The molecule has 4 nitrogen and oxygen atoms in total. The molecule has 1 saturated carbocycles. The van der Waals surface area contributed by atoms with Gasteiger partial charge in [-0.15, -0.1) is 0 Å². The van der Waals surface area contributed by atoms with E-state index in [0.717, 1.165) is 19.3 Å². The van der Waals surface area contributed by atoms with Gasteiger partial charge in [0, 0.05) is 6.04 Å². The fourth-order valence-corrected chi connectivity index (χ4v) is 3.08. The lowest BCUT2D eigenvalue weighted by Crippen LogP contribution is -2.40. The highest BCUT2D eigenvalue weighted by molar-refractivity contribution is 7.90. The highest BCUT2D eigenvalue weighted by Crippen LogP contribution is 2.37. The number of hydrogen-bond acceptors (Lipinski definition) is 3. The molecule has 90 valence electrons. The maximum Gasteiger partial charge on any atom is 0.216 e. The standard InChI is InChI=1S/C10H21NO3S/c1-8(7-12)15(13,14)11-9-4-5-10(2,3)6-9/h8-9,11-12H,4-7H2,1-3H3. The summed E-state index contributed by atoms with van der Waals surface area (Å²) >= 11 is 0. The second-order valence-electron chi connectivity index (χ2n) is 5.26. The van der Waals surface area contributed by atoms with E-state index >= 15 is 0 Å². The molecule has 0 aliphatic heterocycles. The normalized spacial score (nSPS) is 27.9. The largest absolute Gasteiger partial charge is 0.395 e. The fraction of sp³-hybridized carbons (Fsp3) is 1.00. The quantitative estimate of drug-likeness (QED) is 0.759. The maximum atomic E-state index is 11.7. The summed E-state index contributed by atoms with van der Waals surface area (Å²) < 4.78 is 26.0. The molecule has 15 heavy (non-hydrogen) atoms. The third kappa shape index (κ3) is 3.43. The fourth-order valence-electron chi connectivity index (χ4n) is 1.98. The zero-order valence-corrected chi connectivity index (χ0v) is 10.5. The summed E-state index contributed by atoms with van der Waals surface area (Å²) in [5, 5.41) is 8.11. The highest BCUT2D eigenvalue weighted by atomic mass is 32.2. The van der Waals surface area contributed by atoms with Gasteiger partial charge in [-0.25, -0.2) is 13.1 Å². The van der Waals surface area contributed by atoms with E-state index in [2.05, 4.69) is 18.6 Å². The van der Waals surface area contributed by atoms with Gasteiger partial charge in [0.25, 0.3) is 0 Å². The number of rotatable bonds is 4. The molecule has 2 unspecified atom stereocenters. The Labute approximate surface area is 92.1 Å². The number of aliphatic hydroxyl groups is 1. The van der Waals surface area contributed by atoms with Crippen molar-refractivity contribution in [2.75, 3.05) is 6.61 Å². The van der Waals surface area contributed by atoms with E-state index in [-0.39, 0.29) is 18.1 Å². The summed E-state index contributed by atoms with van der Waals surface area (Å²) in [6.07, 6.45) is 2.82. The number of hydrogen-bond donors (Lipinski definition) is 2. The van der Waals surface area contributed by atoms with E-state index < -0.39 is 15.3 Å². The van der Waals surface area contributed by atoms with E-state index in [0.29, 0.717) is 0 Å². The zero-order chi connectivity index (χ0) is 11.7. The van der Waals surface area contributed by atoms with Crippen molar-refractivity contribution in [3.05, 3.63) is 0 Å². The van der Waals surface area contributed by atoms with Gasteiger partial charge in [-0.2, -0.15) is 0 Å². The van der Waals surface area contributed by atoms with Crippen molar-refractivity contribution in [2.24, 2.45) is 5.41 Å². The van der Waals surface area contributed by atoms with Crippen molar-refractivity contribution >= 4 is 10.0 Å². The van der Waals surface area contributed by atoms with Crippen molar-refractivity contribution in [2.45, 2.75) is 51.3 Å². The van der Waals surface area contributed by atoms with E-state index in [9.17, 15) is 8.42 Å². The molecule has 0 aromatic carbocycles. The molecule has 0 amide bonds. The smallest absolute Gasteiger partial charge is 0.216 e. The Morgan fingerprint density at radius 1 is 1.53 bits per heavy atom. The molecule has 1 fully saturated rings. The van der Waals surface area contributed by atoms with Crippen LogP contribution in [0.1, 0.15) is 40.0 Å². The molecular formula is C10H21NO3S. The highest BCUT2D eigenvalue weighted by Gasteiger charge is 2.34. The van der Waals surface area contributed by atoms with Crippen molar-refractivity contribution in [3.63, 3.8) is 0 Å². The van der Waals surface area contributed by atoms with Crippen LogP contribution in [0.5, 0.6) is 0 Å². The van der Waals surface area contributed by atoms with Gasteiger partial charge in [0.05, 0.1) is 11.9 Å². The van der Waals surface area contributed by atoms with Gasteiger partial charge in [-0.3, -0.25) is 0 Å². The SMILES string of the molecule is CC(CO)S(=O)(=O)NC1CCC(C)(C)C1. The predicted octanol–water partition coefficient (Wildman–Crippen LogP) is 0.865. The number of nitrogens with one attached hydrogen (secondary N) is 1. The molecule has 0 heterocycles. The van der Waals surface area contributed by atoms with Gasteiger partial charge in [-0.05, 0) is 31.6 Å². The van der Waals surface area contributed by atoms with Crippen LogP contribution in [0.15, 0.2) is 0 Å². The van der Waals surface area contributed by atoms with E-state index in [1.54, 1.807) is 0 Å². The van der Waals surface area contributed by atoms with Crippen LogP contribution < -0.4 is 4.72 Å². The first-order chi connectivity index (χ1) is 6.77. The van der Waals surface area contributed by atoms with Crippen LogP contribution in [0.25, 0.3) is 0 Å². The minimum Gasteiger partial charge on any atom is -0.395 e. The summed E-state index contributed by atoms with van der Waals surface area (Å²) in [7, 11) is -3.34. The Kier molecular flexibility index (Phi) is 3.79. The molecule has 1 aliphatic rings. The molecule has 0 spiro atoms. The van der Waals surface area contributed by atoms with Crippen LogP contribution in [0.2, 0.25) is 0 Å². The topological polar surface area (TPSA) is 66.4 Å². The lowest BCUT2D eigenvalue weighted by Gasteiger charge is -2.19. The third-order valence-electron chi connectivity index (χ3n) is 3.09. The molecule has 0 aromatic heterocycles. The Hall–Kier alpha value is -0.130. The lowest BCUT2D eigenvalue weighted by atomic mass is 9.92. The summed E-state index contributed by atoms with van der Waals surface area (Å²) in [4.78, 5) is 0. The van der Waals surface area contributed by atoms with Crippen molar-refractivity contribution in [1.29, 1.82) is 0 Å². The van der Waals surface area contributed by atoms with Gasteiger partial charge in [0.2, 0.25) is 10.0 Å². The van der Waals surface area contributed by atoms with Crippen molar-refractivity contribution in [3.8, 4) is 0 Å². The zero-order valence-electron chi connectivity index (χ0n) is 9.66. The maximum absolute atomic E-state index is 11.7. The summed E-state index contributed by atoms with van der Waals surface area (Å²) in [5.74, 6) is 0. The summed E-state index contributed by atoms with van der Waals surface area (Å²) in [5.41, 5.74) is 0.232. The molecule has 0 saturated heterocycles. The molecule has 1 aliphatic carbocycles. The Balaban J connectivity index is 2.57. The molecular weight excluding hydrogens is 214 g/mol. The van der Waals surface area contributed by atoms with Crippen LogP contribution in [-0.2, 0) is 10.0 Å². The van der Waals surface area contributed by atoms with Gasteiger partial charge in [0.15, 0.2) is 0 Å². The minimum atomic E-state index is -3.34. The Morgan fingerprint density at radius 2 is 2.13 bits per heavy atom. The average Bonchev–Trinajstić information content (AvgIpc) is 2.43. The number of sulfonamides is 1. The second-order valence-corrected chi connectivity index (χ2v) is 7.39. The Morgan fingerprint density at radius 3 is 2.53 bits per heavy atom. The first kappa shape index (κ1) is 12.9. The van der Waals surface area contributed by atoms with E-state index in [1.807, 2.05) is 0 Å². The predicted molar refractivity (Wildman–Crippen MR) is 60.0 cm³/mol. The molecule has 0 aromatic rings. The van der Waals surface area contributed by atoms with Crippen molar-refractivity contribution in [1.82, 2.24) is 4.72 Å². The molecule has 0 radical (unpaired) electrons. The monoisotopic (exact) mass is 235 g/mol. The molecule has 0 bridgehead atoms. The Bertz CT molecular complexity index is 311. The van der Waals surface area contributed by atoms with Gasteiger partial charge < -0.3 is 5.11 Å². The van der Waals surface area contributed by atoms with Crippen LogP contribution in [0.4, 0.5) is 0 Å². The molecule has 5 heteroatoms. The van der Waals surface area contributed by atoms with Crippen LogP contribution >= 0.6 is 0 Å². The molecule has 2 N–H and O–H groups in total. The minimum absolute atomic E-state index is 0.0407. The lowest BCUT2D eigenvalue weighted by molar-refractivity contribution is 0.294.